The minimum Gasteiger partial charge on any atom is -0.493 e. The molecule has 0 bridgehead atoms. The highest BCUT2D eigenvalue weighted by molar-refractivity contribution is 6.31. The van der Waals surface area contributed by atoms with Crippen LogP contribution in [0.3, 0.4) is 0 Å². The van der Waals surface area contributed by atoms with Crippen molar-refractivity contribution in [1.82, 2.24) is 5.32 Å². The monoisotopic (exact) mass is 429 g/mol. The first kappa shape index (κ1) is 24.0. The molecule has 1 aliphatic rings. The van der Waals surface area contributed by atoms with Gasteiger partial charge < -0.3 is 14.8 Å². The van der Waals surface area contributed by atoms with Crippen molar-refractivity contribution in [2.75, 3.05) is 19.8 Å². The van der Waals surface area contributed by atoms with Crippen molar-refractivity contribution in [2.24, 2.45) is 5.92 Å². The van der Waals surface area contributed by atoms with Crippen molar-refractivity contribution in [3.8, 4) is 5.75 Å². The highest BCUT2D eigenvalue weighted by Crippen LogP contribution is 2.24. The summed E-state index contributed by atoms with van der Waals surface area (Å²) in [6.07, 6.45) is 4.57. The van der Waals surface area contributed by atoms with Gasteiger partial charge in [-0.15, -0.1) is 0 Å². The highest BCUT2D eigenvalue weighted by Gasteiger charge is 2.18. The van der Waals surface area contributed by atoms with E-state index in [4.69, 9.17) is 21.1 Å². The molecule has 0 aliphatic carbocycles. The lowest BCUT2D eigenvalue weighted by Crippen LogP contribution is -2.33. The minimum absolute atomic E-state index is 0.187. The minimum atomic E-state index is -0.229. The number of benzene rings is 1. The Morgan fingerprint density at radius 3 is 2.63 bits per heavy atom. The number of ether oxygens (including phenoxy) is 2. The van der Waals surface area contributed by atoms with E-state index in [9.17, 15) is 4.79 Å². The lowest BCUT2D eigenvalue weighted by Gasteiger charge is -2.17. The molecule has 2 atom stereocenters. The van der Waals surface area contributed by atoms with Crippen LogP contribution in [0.5, 0.6) is 5.75 Å². The van der Waals surface area contributed by atoms with Crippen LogP contribution in [0.2, 0.25) is 0 Å². The first-order valence-electron chi connectivity index (χ1n) is 10.2. The van der Waals surface area contributed by atoms with Crippen LogP contribution in [0.15, 0.2) is 59.7 Å². The first-order chi connectivity index (χ1) is 14.2. The third-order valence-corrected chi connectivity index (χ3v) is 5.63. The number of allylic oxidation sites excluding steroid dienone is 5. The van der Waals surface area contributed by atoms with E-state index < -0.39 is 0 Å². The van der Waals surface area contributed by atoms with Crippen molar-refractivity contribution in [1.29, 1.82) is 0 Å². The first-order valence-corrected chi connectivity index (χ1v) is 10.6. The second kappa shape index (κ2) is 11.2. The molecular weight excluding hydrogens is 398 g/mol. The van der Waals surface area contributed by atoms with Gasteiger partial charge in [-0.2, -0.15) is 0 Å². The lowest BCUT2D eigenvalue weighted by atomic mass is 10.0. The fourth-order valence-electron chi connectivity index (χ4n) is 2.96. The van der Waals surface area contributed by atoms with Crippen molar-refractivity contribution in [2.45, 2.75) is 40.2 Å². The topological polar surface area (TPSA) is 47.6 Å². The van der Waals surface area contributed by atoms with Crippen LogP contribution in [0, 0.1) is 5.92 Å². The van der Waals surface area contributed by atoms with Crippen LogP contribution in [-0.4, -0.2) is 31.8 Å². The van der Waals surface area contributed by atoms with Crippen molar-refractivity contribution >= 4 is 23.1 Å². The summed E-state index contributed by atoms with van der Waals surface area (Å²) in [4.78, 5) is 12.9. The van der Waals surface area contributed by atoms with Gasteiger partial charge in [-0.05, 0) is 69.5 Å². The molecule has 1 fully saturated rings. The molecule has 1 aromatic rings. The van der Waals surface area contributed by atoms with Crippen LogP contribution in [-0.2, 0) is 4.74 Å². The smallest absolute Gasteiger partial charge is 0.251 e. The molecule has 0 radical (unpaired) electrons. The van der Waals surface area contributed by atoms with Gasteiger partial charge in [-0.1, -0.05) is 42.0 Å². The maximum absolute atomic E-state index is 12.9. The van der Waals surface area contributed by atoms with E-state index in [0.29, 0.717) is 28.9 Å². The summed E-state index contributed by atoms with van der Waals surface area (Å²) in [5.41, 5.74) is 4.11. The molecule has 1 N–H and O–H groups in total. The van der Waals surface area contributed by atoms with Gasteiger partial charge in [0.25, 0.3) is 5.91 Å². The molecule has 2 rings (SSSR count). The molecule has 5 heteroatoms. The Kier molecular flexibility index (Phi) is 8.94. The van der Waals surface area contributed by atoms with Crippen molar-refractivity contribution in [3.63, 3.8) is 0 Å². The molecule has 1 amide bonds. The molecule has 1 aliphatic heterocycles. The van der Waals surface area contributed by atoms with Gasteiger partial charge in [-0.3, -0.25) is 4.79 Å². The van der Waals surface area contributed by atoms with Crippen LogP contribution in [0.25, 0.3) is 5.57 Å². The van der Waals surface area contributed by atoms with Crippen LogP contribution in [0.1, 0.15) is 50.0 Å². The number of rotatable bonds is 9. The zero-order valence-electron chi connectivity index (χ0n) is 18.4. The zero-order chi connectivity index (χ0) is 22.3. The molecule has 162 valence electrons. The van der Waals surface area contributed by atoms with Gasteiger partial charge in [0, 0.05) is 29.2 Å². The SMILES string of the molecule is C=C/C(C)=C\C(Cl)=C(/C)C(C)NC(=O)c1cc(OCC2CCOC2)cc(C(=C)C)c1. The zero-order valence-corrected chi connectivity index (χ0v) is 19.1. The second-order valence-corrected chi connectivity index (χ2v) is 8.29. The van der Waals surface area contributed by atoms with Crippen LogP contribution >= 0.6 is 11.6 Å². The predicted molar refractivity (Wildman–Crippen MR) is 125 cm³/mol. The molecular formula is C25H32ClNO3. The fraction of sp³-hybridized carbons (Fsp3) is 0.400. The molecule has 0 spiro atoms. The number of halogens is 1. The van der Waals surface area contributed by atoms with E-state index >= 15 is 0 Å². The molecule has 0 aromatic heterocycles. The fourth-order valence-corrected chi connectivity index (χ4v) is 3.29. The number of hydrogen-bond donors (Lipinski definition) is 1. The number of nitrogens with one attached hydrogen (secondary N) is 1. The van der Waals surface area contributed by atoms with E-state index in [1.807, 2.05) is 45.9 Å². The summed E-state index contributed by atoms with van der Waals surface area (Å²) >= 11 is 6.39. The van der Waals surface area contributed by atoms with Gasteiger partial charge in [0.2, 0.25) is 0 Å². The highest BCUT2D eigenvalue weighted by atomic mass is 35.5. The third kappa shape index (κ3) is 6.89. The molecule has 0 saturated carbocycles. The van der Waals surface area contributed by atoms with Crippen LogP contribution in [0.4, 0.5) is 0 Å². The number of hydrogen-bond acceptors (Lipinski definition) is 3. The van der Waals surface area contributed by atoms with E-state index in [2.05, 4.69) is 18.5 Å². The van der Waals surface area contributed by atoms with E-state index in [1.165, 1.54) is 0 Å². The van der Waals surface area contributed by atoms with Gasteiger partial charge in [0.05, 0.1) is 13.2 Å². The Labute approximate surface area is 185 Å². The maximum atomic E-state index is 12.9. The summed E-state index contributed by atoms with van der Waals surface area (Å²) in [5.74, 6) is 0.862. The van der Waals surface area contributed by atoms with E-state index in [1.54, 1.807) is 12.1 Å². The maximum Gasteiger partial charge on any atom is 0.251 e. The summed E-state index contributed by atoms with van der Waals surface area (Å²) in [6, 6.07) is 5.29. The molecule has 30 heavy (non-hydrogen) atoms. The number of carbonyl (C=O) groups is 1. The standard InChI is InChI=1S/C25H32ClNO3/c1-7-17(4)10-24(26)18(5)19(6)27-25(28)22-11-21(16(2)3)12-23(13-22)30-15-20-8-9-29-14-20/h7,10-13,19-20H,1-2,8-9,14-15H2,3-6H3,(H,27,28)/b17-10-,24-18-. The van der Waals surface area contributed by atoms with Crippen molar-refractivity contribution < 1.29 is 14.3 Å². The summed E-state index contributed by atoms with van der Waals surface area (Å²) in [6.45, 7) is 17.5. The average molecular weight is 430 g/mol. The quantitative estimate of drug-likeness (QED) is 0.497. The Balaban J connectivity index is 2.17. The second-order valence-electron chi connectivity index (χ2n) is 7.89. The van der Waals surface area contributed by atoms with Gasteiger partial charge in [-0.25, -0.2) is 0 Å². The number of carbonyl (C=O) groups excluding carboxylic acids is 1. The number of amides is 1. The van der Waals surface area contributed by atoms with Crippen LogP contribution < -0.4 is 10.1 Å². The Morgan fingerprint density at radius 1 is 1.33 bits per heavy atom. The lowest BCUT2D eigenvalue weighted by molar-refractivity contribution is 0.0944. The average Bonchev–Trinajstić information content (AvgIpc) is 3.24. The summed E-state index contributed by atoms with van der Waals surface area (Å²) in [5, 5.41) is 3.61. The van der Waals surface area contributed by atoms with E-state index in [0.717, 1.165) is 41.9 Å². The molecule has 4 nitrogen and oxygen atoms in total. The van der Waals surface area contributed by atoms with Gasteiger partial charge >= 0.3 is 0 Å². The molecule has 1 saturated heterocycles. The summed E-state index contributed by atoms with van der Waals surface area (Å²) < 4.78 is 11.4. The van der Waals surface area contributed by atoms with Gasteiger partial charge in [0.1, 0.15) is 5.75 Å². The normalized spacial score (nSPS) is 18.4. The molecule has 2 unspecified atom stereocenters. The molecule has 1 aromatic carbocycles. The largest absolute Gasteiger partial charge is 0.493 e. The van der Waals surface area contributed by atoms with Crippen molar-refractivity contribution in [3.05, 3.63) is 70.8 Å². The Morgan fingerprint density at radius 2 is 2.03 bits per heavy atom. The Hall–Kier alpha value is -2.30. The summed E-state index contributed by atoms with van der Waals surface area (Å²) in [7, 11) is 0. The molecule has 1 heterocycles. The predicted octanol–water partition coefficient (Wildman–Crippen LogP) is 5.90. The Bertz CT molecular complexity index is 863. The van der Waals surface area contributed by atoms with Gasteiger partial charge in [0.15, 0.2) is 0 Å². The van der Waals surface area contributed by atoms with E-state index in [-0.39, 0.29) is 11.9 Å². The third-order valence-electron chi connectivity index (χ3n) is 5.22.